The van der Waals surface area contributed by atoms with Gasteiger partial charge in [-0.2, -0.15) is 5.10 Å². The van der Waals surface area contributed by atoms with Crippen LogP contribution in [0.2, 0.25) is 0 Å². The lowest BCUT2D eigenvalue weighted by molar-refractivity contribution is 0.285. The zero-order chi connectivity index (χ0) is 13.4. The Morgan fingerprint density at radius 2 is 2.06 bits per heavy atom. The summed E-state index contributed by atoms with van der Waals surface area (Å²) in [5.74, 6) is 0. The Morgan fingerprint density at radius 1 is 1.33 bits per heavy atom. The number of anilines is 1. The zero-order valence-corrected chi connectivity index (χ0v) is 12.3. The SMILES string of the molecule is CCCC(C)Nc1cnn(CCN(CC)CC)c1. The number of likely N-dealkylation sites (N-methyl/N-ethyl adjacent to an activating group) is 1. The van der Waals surface area contributed by atoms with Crippen molar-refractivity contribution in [3.63, 3.8) is 0 Å². The molecule has 0 spiro atoms. The first-order chi connectivity index (χ1) is 8.69. The Labute approximate surface area is 111 Å². The molecule has 0 saturated carbocycles. The molecule has 0 radical (unpaired) electrons. The lowest BCUT2D eigenvalue weighted by Crippen LogP contribution is -2.27. The molecule has 0 fully saturated rings. The van der Waals surface area contributed by atoms with Crippen LogP contribution in [0.1, 0.15) is 40.5 Å². The standard InChI is InChI=1S/C14H28N4/c1-5-8-13(4)16-14-11-15-18(12-14)10-9-17(6-2)7-3/h11-13,16H,5-10H2,1-4H3. The Hall–Kier alpha value is -1.03. The van der Waals surface area contributed by atoms with Crippen LogP contribution in [-0.4, -0.2) is 40.4 Å². The van der Waals surface area contributed by atoms with Gasteiger partial charge in [0.1, 0.15) is 0 Å². The normalized spacial score (nSPS) is 12.9. The largest absolute Gasteiger partial charge is 0.380 e. The van der Waals surface area contributed by atoms with Crippen molar-refractivity contribution in [3.05, 3.63) is 12.4 Å². The zero-order valence-electron chi connectivity index (χ0n) is 12.3. The predicted octanol–water partition coefficient (Wildman–Crippen LogP) is 2.83. The molecule has 1 aromatic rings. The average Bonchev–Trinajstić information content (AvgIpc) is 2.78. The summed E-state index contributed by atoms with van der Waals surface area (Å²) in [7, 11) is 0. The van der Waals surface area contributed by atoms with Gasteiger partial charge in [0, 0.05) is 18.8 Å². The third kappa shape index (κ3) is 5.08. The fraction of sp³-hybridized carbons (Fsp3) is 0.786. The summed E-state index contributed by atoms with van der Waals surface area (Å²) < 4.78 is 2.03. The number of aromatic nitrogens is 2. The smallest absolute Gasteiger partial charge is 0.0728 e. The van der Waals surface area contributed by atoms with Gasteiger partial charge in [-0.3, -0.25) is 4.68 Å². The van der Waals surface area contributed by atoms with E-state index in [1.807, 2.05) is 10.9 Å². The van der Waals surface area contributed by atoms with Crippen LogP contribution in [0, 0.1) is 0 Å². The predicted molar refractivity (Wildman–Crippen MR) is 78.0 cm³/mol. The highest BCUT2D eigenvalue weighted by Crippen LogP contribution is 2.09. The molecule has 0 amide bonds. The number of hydrogen-bond donors (Lipinski definition) is 1. The second kappa shape index (κ2) is 8.14. The van der Waals surface area contributed by atoms with Crippen molar-refractivity contribution in [2.45, 2.75) is 53.1 Å². The Kier molecular flexibility index (Phi) is 6.80. The average molecular weight is 252 g/mol. The lowest BCUT2D eigenvalue weighted by atomic mass is 10.2. The van der Waals surface area contributed by atoms with Gasteiger partial charge in [0.25, 0.3) is 0 Å². The molecule has 104 valence electrons. The summed E-state index contributed by atoms with van der Waals surface area (Å²) in [6.07, 6.45) is 6.44. The van der Waals surface area contributed by atoms with Crippen LogP contribution < -0.4 is 5.32 Å². The molecule has 0 aliphatic heterocycles. The molecular weight excluding hydrogens is 224 g/mol. The van der Waals surface area contributed by atoms with Gasteiger partial charge >= 0.3 is 0 Å². The van der Waals surface area contributed by atoms with Crippen LogP contribution >= 0.6 is 0 Å². The molecule has 1 rings (SSSR count). The topological polar surface area (TPSA) is 33.1 Å². The van der Waals surface area contributed by atoms with Crippen LogP contribution in [0.3, 0.4) is 0 Å². The maximum absolute atomic E-state index is 4.40. The van der Waals surface area contributed by atoms with Crippen LogP contribution in [0.5, 0.6) is 0 Å². The van der Waals surface area contributed by atoms with Gasteiger partial charge in [-0.05, 0) is 26.4 Å². The van der Waals surface area contributed by atoms with Crippen molar-refractivity contribution >= 4 is 5.69 Å². The summed E-state index contributed by atoms with van der Waals surface area (Å²) >= 11 is 0. The first-order valence-corrected chi connectivity index (χ1v) is 7.20. The molecule has 18 heavy (non-hydrogen) atoms. The van der Waals surface area contributed by atoms with Gasteiger partial charge in [0.15, 0.2) is 0 Å². The minimum absolute atomic E-state index is 0.524. The quantitative estimate of drug-likeness (QED) is 0.733. The molecule has 1 unspecified atom stereocenters. The molecule has 4 heteroatoms. The first kappa shape index (κ1) is 15.0. The van der Waals surface area contributed by atoms with Crippen LogP contribution in [0.4, 0.5) is 5.69 Å². The summed E-state index contributed by atoms with van der Waals surface area (Å²) in [4.78, 5) is 2.41. The van der Waals surface area contributed by atoms with Gasteiger partial charge in [0.2, 0.25) is 0 Å². The van der Waals surface area contributed by atoms with E-state index in [0.717, 1.165) is 31.9 Å². The summed E-state index contributed by atoms with van der Waals surface area (Å²) in [6, 6.07) is 0.524. The van der Waals surface area contributed by atoms with E-state index in [1.165, 1.54) is 12.8 Å². The highest BCUT2D eigenvalue weighted by molar-refractivity contribution is 5.38. The van der Waals surface area contributed by atoms with Gasteiger partial charge < -0.3 is 10.2 Å². The maximum atomic E-state index is 4.40. The molecule has 0 aliphatic rings. The van der Waals surface area contributed by atoms with Crippen LogP contribution in [0.15, 0.2) is 12.4 Å². The molecule has 1 atom stereocenters. The van der Waals surface area contributed by atoms with E-state index >= 15 is 0 Å². The Bertz CT molecular complexity index is 317. The maximum Gasteiger partial charge on any atom is 0.0728 e. The van der Waals surface area contributed by atoms with E-state index in [1.54, 1.807) is 0 Å². The summed E-state index contributed by atoms with van der Waals surface area (Å²) in [5.41, 5.74) is 1.13. The number of nitrogens with zero attached hydrogens (tertiary/aromatic N) is 3. The monoisotopic (exact) mass is 252 g/mol. The molecule has 0 bridgehead atoms. The molecule has 0 saturated heterocycles. The van der Waals surface area contributed by atoms with Gasteiger partial charge in [-0.15, -0.1) is 0 Å². The van der Waals surface area contributed by atoms with Crippen molar-refractivity contribution in [2.75, 3.05) is 25.0 Å². The number of hydrogen-bond acceptors (Lipinski definition) is 3. The van der Waals surface area contributed by atoms with E-state index in [-0.39, 0.29) is 0 Å². The third-order valence-electron chi connectivity index (χ3n) is 3.31. The van der Waals surface area contributed by atoms with Crippen molar-refractivity contribution < 1.29 is 0 Å². The summed E-state index contributed by atoms with van der Waals surface area (Å²) in [6.45, 7) is 13.1. The van der Waals surface area contributed by atoms with Crippen LogP contribution in [0.25, 0.3) is 0 Å². The number of rotatable bonds is 9. The highest BCUT2D eigenvalue weighted by Gasteiger charge is 2.04. The van der Waals surface area contributed by atoms with E-state index < -0.39 is 0 Å². The van der Waals surface area contributed by atoms with E-state index in [9.17, 15) is 0 Å². The van der Waals surface area contributed by atoms with Crippen molar-refractivity contribution in [1.82, 2.24) is 14.7 Å². The van der Waals surface area contributed by atoms with Gasteiger partial charge in [0.05, 0.1) is 18.4 Å². The van der Waals surface area contributed by atoms with Gasteiger partial charge in [-0.25, -0.2) is 0 Å². The lowest BCUT2D eigenvalue weighted by Gasteiger charge is -2.17. The molecule has 1 N–H and O–H groups in total. The molecule has 1 aromatic heterocycles. The van der Waals surface area contributed by atoms with E-state index in [2.05, 4.69) is 49.2 Å². The van der Waals surface area contributed by atoms with Crippen molar-refractivity contribution in [2.24, 2.45) is 0 Å². The fourth-order valence-corrected chi connectivity index (χ4v) is 2.13. The highest BCUT2D eigenvalue weighted by atomic mass is 15.3. The molecule has 0 aromatic carbocycles. The van der Waals surface area contributed by atoms with Crippen LogP contribution in [-0.2, 0) is 6.54 Å². The second-order valence-corrected chi connectivity index (χ2v) is 4.85. The van der Waals surface area contributed by atoms with Crippen molar-refractivity contribution in [3.8, 4) is 0 Å². The first-order valence-electron chi connectivity index (χ1n) is 7.20. The summed E-state index contributed by atoms with van der Waals surface area (Å²) in [5, 5.41) is 7.88. The van der Waals surface area contributed by atoms with Gasteiger partial charge in [-0.1, -0.05) is 27.2 Å². The molecule has 0 aliphatic carbocycles. The molecule has 4 nitrogen and oxygen atoms in total. The molecular formula is C14H28N4. The minimum atomic E-state index is 0.524. The fourth-order valence-electron chi connectivity index (χ4n) is 2.13. The van der Waals surface area contributed by atoms with E-state index in [0.29, 0.717) is 6.04 Å². The van der Waals surface area contributed by atoms with E-state index in [4.69, 9.17) is 0 Å². The second-order valence-electron chi connectivity index (χ2n) is 4.85. The third-order valence-corrected chi connectivity index (χ3v) is 3.31. The van der Waals surface area contributed by atoms with Crippen molar-refractivity contribution in [1.29, 1.82) is 0 Å². The Morgan fingerprint density at radius 3 is 2.67 bits per heavy atom. The Balaban J connectivity index is 2.38. The number of nitrogens with one attached hydrogen (secondary N) is 1. The minimum Gasteiger partial charge on any atom is -0.380 e. The molecule has 1 heterocycles.